The molecule has 0 aliphatic rings. The van der Waals surface area contributed by atoms with Gasteiger partial charge in [-0.3, -0.25) is 0 Å². The van der Waals surface area contributed by atoms with Crippen LogP contribution < -0.4 is 4.74 Å². The van der Waals surface area contributed by atoms with Crippen molar-refractivity contribution >= 4 is 34.9 Å². The molecule has 1 heterocycles. The zero-order valence-electron chi connectivity index (χ0n) is 11.8. The highest BCUT2D eigenvalue weighted by molar-refractivity contribution is 7.71. The normalized spacial score (nSPS) is 11.0. The Morgan fingerprint density at radius 1 is 1.29 bits per heavy atom. The minimum atomic E-state index is 0.574. The quantitative estimate of drug-likeness (QED) is 0.708. The average molecular weight is 319 g/mol. The number of aromatic nitrogens is 2. The summed E-state index contributed by atoms with van der Waals surface area (Å²) in [6.07, 6.45) is 0. The van der Waals surface area contributed by atoms with E-state index in [0.717, 1.165) is 22.3 Å². The number of fused-ring (bicyclic) bond motifs is 1. The van der Waals surface area contributed by atoms with Crippen LogP contribution in [0.5, 0.6) is 5.75 Å². The SMILES string of the molecule is COc1cccc(Cl)c1Cn1c(=S)[nH]c2cc(C)ccc21. The summed E-state index contributed by atoms with van der Waals surface area (Å²) in [4.78, 5) is 3.24. The zero-order chi connectivity index (χ0) is 15.0. The van der Waals surface area contributed by atoms with Crippen molar-refractivity contribution in [2.75, 3.05) is 7.11 Å². The second-order valence-electron chi connectivity index (χ2n) is 4.96. The molecule has 3 aromatic rings. The molecule has 0 bridgehead atoms. The number of ether oxygens (including phenoxy) is 1. The van der Waals surface area contributed by atoms with Gasteiger partial charge in [-0.15, -0.1) is 0 Å². The zero-order valence-corrected chi connectivity index (χ0v) is 13.4. The highest BCUT2D eigenvalue weighted by Crippen LogP contribution is 2.28. The lowest BCUT2D eigenvalue weighted by molar-refractivity contribution is 0.408. The maximum absolute atomic E-state index is 6.32. The van der Waals surface area contributed by atoms with E-state index in [-0.39, 0.29) is 0 Å². The van der Waals surface area contributed by atoms with Gasteiger partial charge in [-0.25, -0.2) is 0 Å². The van der Waals surface area contributed by atoms with Crippen LogP contribution in [0.15, 0.2) is 36.4 Å². The van der Waals surface area contributed by atoms with E-state index in [1.165, 1.54) is 5.56 Å². The van der Waals surface area contributed by atoms with Crippen molar-refractivity contribution in [2.24, 2.45) is 0 Å². The molecule has 108 valence electrons. The van der Waals surface area contributed by atoms with E-state index in [9.17, 15) is 0 Å². The van der Waals surface area contributed by atoms with E-state index in [2.05, 4.69) is 30.1 Å². The van der Waals surface area contributed by atoms with Gasteiger partial charge in [0, 0.05) is 10.6 Å². The lowest BCUT2D eigenvalue weighted by atomic mass is 10.2. The molecular weight excluding hydrogens is 304 g/mol. The average Bonchev–Trinajstić information content (AvgIpc) is 2.76. The molecule has 0 aliphatic carbocycles. The highest BCUT2D eigenvalue weighted by atomic mass is 35.5. The summed E-state index contributed by atoms with van der Waals surface area (Å²) in [6.45, 7) is 2.63. The van der Waals surface area contributed by atoms with E-state index < -0.39 is 0 Å². The van der Waals surface area contributed by atoms with Crippen molar-refractivity contribution < 1.29 is 4.74 Å². The Labute approximate surface area is 133 Å². The fourth-order valence-electron chi connectivity index (χ4n) is 2.48. The predicted octanol–water partition coefficient (Wildman–Crippen LogP) is 4.72. The molecular formula is C16H15ClN2OS. The van der Waals surface area contributed by atoms with Crippen LogP contribution in [-0.2, 0) is 6.54 Å². The molecule has 1 N–H and O–H groups in total. The smallest absolute Gasteiger partial charge is 0.178 e. The van der Waals surface area contributed by atoms with Gasteiger partial charge in [0.2, 0.25) is 0 Å². The lowest BCUT2D eigenvalue weighted by Crippen LogP contribution is -2.02. The van der Waals surface area contributed by atoms with Gasteiger partial charge in [-0.2, -0.15) is 0 Å². The highest BCUT2D eigenvalue weighted by Gasteiger charge is 2.11. The van der Waals surface area contributed by atoms with Gasteiger partial charge in [-0.1, -0.05) is 23.7 Å². The Kier molecular flexibility index (Phi) is 3.74. The van der Waals surface area contributed by atoms with Crippen molar-refractivity contribution in [1.82, 2.24) is 9.55 Å². The Bertz CT molecular complexity index is 866. The van der Waals surface area contributed by atoms with Gasteiger partial charge in [0.05, 0.1) is 24.7 Å². The first-order valence-corrected chi connectivity index (χ1v) is 7.39. The molecule has 21 heavy (non-hydrogen) atoms. The number of imidazole rings is 1. The number of nitrogens with zero attached hydrogens (tertiary/aromatic N) is 1. The Balaban J connectivity index is 2.15. The minimum Gasteiger partial charge on any atom is -0.496 e. The van der Waals surface area contributed by atoms with Gasteiger partial charge < -0.3 is 14.3 Å². The molecule has 0 saturated heterocycles. The van der Waals surface area contributed by atoms with Crippen LogP contribution in [0.1, 0.15) is 11.1 Å². The van der Waals surface area contributed by atoms with Crippen LogP contribution in [0.25, 0.3) is 11.0 Å². The van der Waals surface area contributed by atoms with Crippen LogP contribution >= 0.6 is 23.8 Å². The molecule has 0 saturated carbocycles. The number of aryl methyl sites for hydroxylation is 1. The van der Waals surface area contributed by atoms with Crippen molar-refractivity contribution in [3.05, 3.63) is 57.3 Å². The van der Waals surface area contributed by atoms with Crippen molar-refractivity contribution in [3.63, 3.8) is 0 Å². The second-order valence-corrected chi connectivity index (χ2v) is 5.75. The number of hydrogen-bond donors (Lipinski definition) is 1. The molecule has 2 aromatic carbocycles. The first-order valence-electron chi connectivity index (χ1n) is 6.60. The summed E-state index contributed by atoms with van der Waals surface area (Å²) in [6, 6.07) is 11.9. The van der Waals surface area contributed by atoms with E-state index in [1.807, 2.05) is 22.8 Å². The molecule has 1 aromatic heterocycles. The summed E-state index contributed by atoms with van der Waals surface area (Å²) in [5.74, 6) is 0.769. The Hall–Kier alpha value is -1.78. The van der Waals surface area contributed by atoms with Crippen molar-refractivity contribution in [3.8, 4) is 5.75 Å². The van der Waals surface area contributed by atoms with Crippen LogP contribution in [0.4, 0.5) is 0 Å². The summed E-state index contributed by atoms with van der Waals surface area (Å²) >= 11 is 11.8. The summed E-state index contributed by atoms with van der Waals surface area (Å²) in [7, 11) is 1.65. The van der Waals surface area contributed by atoms with Gasteiger partial charge >= 0.3 is 0 Å². The third kappa shape index (κ3) is 2.57. The van der Waals surface area contributed by atoms with Gasteiger partial charge in [0.25, 0.3) is 0 Å². The largest absolute Gasteiger partial charge is 0.496 e. The van der Waals surface area contributed by atoms with Gasteiger partial charge in [0.1, 0.15) is 5.75 Å². The topological polar surface area (TPSA) is 29.9 Å². The van der Waals surface area contributed by atoms with Gasteiger partial charge in [-0.05, 0) is 49.0 Å². The Morgan fingerprint density at radius 3 is 2.86 bits per heavy atom. The standard InChI is InChI=1S/C16H15ClN2OS/c1-10-6-7-14-13(8-10)18-16(21)19(14)9-11-12(17)4-3-5-15(11)20-2/h3-8H,9H2,1-2H3,(H,18,21). The summed E-state index contributed by atoms with van der Waals surface area (Å²) in [5, 5.41) is 0.678. The number of rotatable bonds is 3. The van der Waals surface area contributed by atoms with Crippen LogP contribution in [0, 0.1) is 11.7 Å². The van der Waals surface area contributed by atoms with E-state index in [0.29, 0.717) is 16.3 Å². The molecule has 0 aliphatic heterocycles. The monoisotopic (exact) mass is 318 g/mol. The number of aromatic amines is 1. The molecule has 0 fully saturated rings. The number of nitrogens with one attached hydrogen (secondary N) is 1. The molecule has 3 nitrogen and oxygen atoms in total. The number of benzene rings is 2. The molecule has 3 rings (SSSR count). The third-order valence-corrected chi connectivity index (χ3v) is 4.22. The molecule has 0 atom stereocenters. The number of H-pyrrole nitrogens is 1. The van der Waals surface area contributed by atoms with Gasteiger partial charge in [0.15, 0.2) is 4.77 Å². The molecule has 0 spiro atoms. The molecule has 0 unspecified atom stereocenters. The first-order chi connectivity index (χ1) is 10.1. The minimum absolute atomic E-state index is 0.574. The predicted molar refractivity (Wildman–Crippen MR) is 89.0 cm³/mol. The lowest BCUT2D eigenvalue weighted by Gasteiger charge is -2.11. The number of hydrogen-bond acceptors (Lipinski definition) is 2. The second kappa shape index (κ2) is 5.54. The van der Waals surface area contributed by atoms with Crippen LogP contribution in [0.2, 0.25) is 5.02 Å². The van der Waals surface area contributed by atoms with Crippen molar-refractivity contribution in [2.45, 2.75) is 13.5 Å². The van der Waals surface area contributed by atoms with Crippen LogP contribution in [0.3, 0.4) is 0 Å². The summed E-state index contributed by atoms with van der Waals surface area (Å²) in [5.41, 5.74) is 4.22. The van der Waals surface area contributed by atoms with Crippen LogP contribution in [-0.4, -0.2) is 16.7 Å². The molecule has 0 radical (unpaired) electrons. The number of halogens is 1. The maximum Gasteiger partial charge on any atom is 0.178 e. The maximum atomic E-state index is 6.32. The van der Waals surface area contributed by atoms with E-state index in [1.54, 1.807) is 7.11 Å². The molecule has 0 amide bonds. The first kappa shape index (κ1) is 14.2. The number of methoxy groups -OCH3 is 1. The van der Waals surface area contributed by atoms with E-state index >= 15 is 0 Å². The summed E-state index contributed by atoms with van der Waals surface area (Å²) < 4.78 is 8.12. The van der Waals surface area contributed by atoms with Crippen molar-refractivity contribution in [1.29, 1.82) is 0 Å². The van der Waals surface area contributed by atoms with E-state index in [4.69, 9.17) is 28.6 Å². The fraction of sp³-hybridized carbons (Fsp3) is 0.188. The Morgan fingerprint density at radius 2 is 2.10 bits per heavy atom. The molecule has 5 heteroatoms. The fourth-order valence-corrected chi connectivity index (χ4v) is 2.97. The third-order valence-electron chi connectivity index (χ3n) is 3.54.